The van der Waals surface area contributed by atoms with Gasteiger partial charge in [0.15, 0.2) is 5.71 Å². The van der Waals surface area contributed by atoms with Gasteiger partial charge in [-0.2, -0.15) is 5.10 Å². The molecule has 110 valence electrons. The molecular formula is C15H17N3O3. The van der Waals surface area contributed by atoms with Crippen molar-refractivity contribution in [2.45, 2.75) is 20.8 Å². The zero-order valence-corrected chi connectivity index (χ0v) is 12.2. The molecule has 0 aliphatic rings. The largest absolute Gasteiger partial charge is 0.461 e. The first-order chi connectivity index (χ1) is 10.1. The molecule has 0 saturated heterocycles. The molecule has 0 spiro atoms. The zero-order chi connectivity index (χ0) is 15.4. The lowest BCUT2D eigenvalue weighted by molar-refractivity contribution is -0.135. The number of ether oxygens (including phenoxy) is 1. The number of esters is 1. The van der Waals surface area contributed by atoms with Gasteiger partial charge in [-0.1, -0.05) is 23.4 Å². The lowest BCUT2D eigenvalue weighted by atomic mass is 10.1. The van der Waals surface area contributed by atoms with Gasteiger partial charge in [-0.15, -0.1) is 0 Å². The first-order valence-electron chi connectivity index (χ1n) is 6.61. The molecule has 2 rings (SSSR count). The highest BCUT2D eigenvalue weighted by atomic mass is 16.5. The Hall–Kier alpha value is -2.63. The van der Waals surface area contributed by atoms with Gasteiger partial charge >= 0.3 is 5.97 Å². The van der Waals surface area contributed by atoms with Crippen LogP contribution in [0.3, 0.4) is 0 Å². The summed E-state index contributed by atoms with van der Waals surface area (Å²) in [5.74, 6) is -0.668. The Bertz CT molecular complexity index is 675. The Morgan fingerprint density at radius 3 is 2.57 bits per heavy atom. The minimum Gasteiger partial charge on any atom is -0.461 e. The lowest BCUT2D eigenvalue weighted by Crippen LogP contribution is -2.20. The lowest BCUT2D eigenvalue weighted by Gasteiger charge is -2.06. The zero-order valence-electron chi connectivity index (χ0n) is 12.2. The normalized spacial score (nSPS) is 11.5. The van der Waals surface area contributed by atoms with Crippen molar-refractivity contribution in [1.29, 1.82) is 0 Å². The molecule has 0 aliphatic heterocycles. The number of carbonyl (C=O) groups is 1. The number of benzene rings is 1. The molecule has 0 amide bonds. The van der Waals surface area contributed by atoms with Crippen molar-refractivity contribution >= 4 is 11.7 Å². The molecule has 21 heavy (non-hydrogen) atoms. The van der Waals surface area contributed by atoms with Crippen molar-refractivity contribution < 1.29 is 14.7 Å². The van der Waals surface area contributed by atoms with Crippen LogP contribution in [0.15, 0.2) is 35.5 Å². The summed E-state index contributed by atoms with van der Waals surface area (Å²) >= 11 is 0. The van der Waals surface area contributed by atoms with E-state index in [1.54, 1.807) is 18.5 Å². The van der Waals surface area contributed by atoms with Gasteiger partial charge in [-0.3, -0.25) is 0 Å². The number of rotatable bonds is 4. The standard InChI is InChI=1S/C15H17N3O3/c1-4-21-15(19)14(17-20)13-10(2)16-18(11(13)3)12-8-6-5-7-9-12/h5-9,20H,4H2,1-3H3/b17-14+. The summed E-state index contributed by atoms with van der Waals surface area (Å²) in [6.45, 7) is 5.47. The smallest absolute Gasteiger partial charge is 0.361 e. The van der Waals surface area contributed by atoms with Crippen LogP contribution < -0.4 is 0 Å². The summed E-state index contributed by atoms with van der Waals surface area (Å²) in [5, 5.41) is 16.7. The first kappa shape index (κ1) is 14.8. The van der Waals surface area contributed by atoms with Crippen molar-refractivity contribution in [2.75, 3.05) is 6.61 Å². The minimum atomic E-state index is -0.668. The van der Waals surface area contributed by atoms with Crippen molar-refractivity contribution in [2.24, 2.45) is 5.16 Å². The summed E-state index contributed by atoms with van der Waals surface area (Å²) in [5.41, 5.74) is 2.52. The molecule has 6 nitrogen and oxygen atoms in total. The fourth-order valence-corrected chi connectivity index (χ4v) is 2.20. The van der Waals surface area contributed by atoms with Crippen LogP contribution in [-0.4, -0.2) is 33.3 Å². The molecule has 1 N–H and O–H groups in total. The van der Waals surface area contributed by atoms with Crippen molar-refractivity contribution in [3.8, 4) is 5.69 Å². The highest BCUT2D eigenvalue weighted by molar-refractivity contribution is 6.43. The van der Waals surface area contributed by atoms with Crippen LogP contribution in [-0.2, 0) is 9.53 Å². The molecule has 0 unspecified atom stereocenters. The number of para-hydroxylation sites is 1. The molecule has 2 aromatic rings. The van der Waals surface area contributed by atoms with E-state index in [4.69, 9.17) is 9.94 Å². The van der Waals surface area contributed by atoms with Crippen LogP contribution in [0, 0.1) is 13.8 Å². The average molecular weight is 287 g/mol. The second-order valence-electron chi connectivity index (χ2n) is 4.46. The molecule has 1 aromatic heterocycles. The summed E-state index contributed by atoms with van der Waals surface area (Å²) in [6, 6.07) is 9.53. The van der Waals surface area contributed by atoms with Crippen LogP contribution >= 0.6 is 0 Å². The van der Waals surface area contributed by atoms with E-state index < -0.39 is 5.97 Å². The topological polar surface area (TPSA) is 76.7 Å². The Morgan fingerprint density at radius 1 is 1.33 bits per heavy atom. The second kappa shape index (κ2) is 6.21. The summed E-state index contributed by atoms with van der Waals surface area (Å²) in [7, 11) is 0. The molecule has 0 fully saturated rings. The van der Waals surface area contributed by atoms with Gasteiger partial charge < -0.3 is 9.94 Å². The first-order valence-corrected chi connectivity index (χ1v) is 6.61. The Morgan fingerprint density at radius 2 is 2.00 bits per heavy atom. The SMILES string of the molecule is CCOC(=O)/C(=N/O)c1c(C)nn(-c2ccccc2)c1C. The number of aromatic nitrogens is 2. The second-order valence-corrected chi connectivity index (χ2v) is 4.46. The highest BCUT2D eigenvalue weighted by Crippen LogP contribution is 2.19. The fraction of sp³-hybridized carbons (Fsp3) is 0.267. The van der Waals surface area contributed by atoms with Gasteiger partial charge in [0.05, 0.1) is 29.2 Å². The predicted molar refractivity (Wildman–Crippen MR) is 78.0 cm³/mol. The van der Waals surface area contributed by atoms with Crippen LogP contribution in [0.1, 0.15) is 23.9 Å². The van der Waals surface area contributed by atoms with Gasteiger partial charge in [0, 0.05) is 0 Å². The van der Waals surface area contributed by atoms with Crippen molar-refractivity contribution in [1.82, 2.24) is 9.78 Å². The van der Waals surface area contributed by atoms with Crippen LogP contribution in [0.5, 0.6) is 0 Å². The fourth-order valence-electron chi connectivity index (χ4n) is 2.20. The number of hydrogen-bond acceptors (Lipinski definition) is 5. The van der Waals surface area contributed by atoms with Gasteiger partial charge in [-0.25, -0.2) is 9.48 Å². The maximum absolute atomic E-state index is 11.9. The van der Waals surface area contributed by atoms with Crippen molar-refractivity contribution in [3.63, 3.8) is 0 Å². The Labute approximate surface area is 122 Å². The molecule has 0 aliphatic carbocycles. The molecule has 1 aromatic carbocycles. The van der Waals surface area contributed by atoms with E-state index in [0.29, 0.717) is 17.0 Å². The third-order valence-corrected chi connectivity index (χ3v) is 3.10. The van der Waals surface area contributed by atoms with Gasteiger partial charge in [-0.05, 0) is 32.9 Å². The molecule has 0 radical (unpaired) electrons. The number of aryl methyl sites for hydroxylation is 1. The molecular weight excluding hydrogens is 270 g/mol. The molecule has 1 heterocycles. The maximum Gasteiger partial charge on any atom is 0.361 e. The summed E-state index contributed by atoms with van der Waals surface area (Å²) < 4.78 is 6.61. The van der Waals surface area contributed by atoms with E-state index in [1.165, 1.54) is 0 Å². The van der Waals surface area contributed by atoms with E-state index in [-0.39, 0.29) is 12.3 Å². The number of oxime groups is 1. The Kier molecular flexibility index (Phi) is 4.37. The molecule has 6 heteroatoms. The quantitative estimate of drug-likeness (QED) is 0.405. The monoisotopic (exact) mass is 287 g/mol. The van der Waals surface area contributed by atoms with E-state index >= 15 is 0 Å². The average Bonchev–Trinajstić information content (AvgIpc) is 2.78. The van der Waals surface area contributed by atoms with E-state index in [0.717, 1.165) is 5.69 Å². The van der Waals surface area contributed by atoms with Crippen LogP contribution in [0.25, 0.3) is 5.69 Å². The van der Waals surface area contributed by atoms with E-state index in [9.17, 15) is 4.79 Å². The minimum absolute atomic E-state index is 0.131. The third-order valence-electron chi connectivity index (χ3n) is 3.10. The van der Waals surface area contributed by atoms with E-state index in [1.807, 2.05) is 37.3 Å². The number of carbonyl (C=O) groups excluding carboxylic acids is 1. The Balaban J connectivity index is 2.52. The highest BCUT2D eigenvalue weighted by Gasteiger charge is 2.24. The predicted octanol–water partition coefficient (Wildman–Crippen LogP) is 2.23. The maximum atomic E-state index is 11.9. The number of hydrogen-bond donors (Lipinski definition) is 1. The molecule has 0 saturated carbocycles. The molecule has 0 bridgehead atoms. The van der Waals surface area contributed by atoms with Gasteiger partial charge in [0.1, 0.15) is 0 Å². The van der Waals surface area contributed by atoms with Crippen molar-refractivity contribution in [3.05, 3.63) is 47.3 Å². The molecule has 0 atom stereocenters. The van der Waals surface area contributed by atoms with Crippen LogP contribution in [0.2, 0.25) is 0 Å². The van der Waals surface area contributed by atoms with E-state index in [2.05, 4.69) is 10.3 Å². The van der Waals surface area contributed by atoms with Gasteiger partial charge in [0.2, 0.25) is 0 Å². The third kappa shape index (κ3) is 2.79. The number of nitrogens with zero attached hydrogens (tertiary/aromatic N) is 3. The van der Waals surface area contributed by atoms with Crippen LogP contribution in [0.4, 0.5) is 0 Å². The summed E-state index contributed by atoms with van der Waals surface area (Å²) in [4.78, 5) is 11.9. The van der Waals surface area contributed by atoms with Gasteiger partial charge in [0.25, 0.3) is 0 Å². The summed E-state index contributed by atoms with van der Waals surface area (Å²) in [6.07, 6.45) is 0.